The van der Waals surface area contributed by atoms with E-state index in [1.165, 1.54) is 34.7 Å². The van der Waals surface area contributed by atoms with Gasteiger partial charge in [-0.05, 0) is 24.6 Å². The van der Waals surface area contributed by atoms with E-state index in [4.69, 9.17) is 4.74 Å². The number of nitro groups is 1. The molecule has 0 aliphatic heterocycles. The Morgan fingerprint density at radius 3 is 2.80 bits per heavy atom. The number of ether oxygens (including phenoxy) is 1. The predicted molar refractivity (Wildman–Crippen MR) is 88.4 cm³/mol. The number of aryl methyl sites for hydroxylation is 1. The number of pyridine rings is 1. The maximum absolute atomic E-state index is 12.1. The van der Waals surface area contributed by atoms with Gasteiger partial charge in [-0.1, -0.05) is 18.2 Å². The third kappa shape index (κ3) is 3.37. The van der Waals surface area contributed by atoms with Crippen LogP contribution in [0.3, 0.4) is 0 Å². The fourth-order valence-corrected chi connectivity index (χ4v) is 2.35. The van der Waals surface area contributed by atoms with E-state index in [0.717, 1.165) is 5.56 Å². The monoisotopic (exact) mass is 339 g/mol. The SMILES string of the molecule is Cc1ccc2nc(COC(=O)c3ccccc3[N+](=O)[O-])cc(=O)n2c1. The molecule has 0 aliphatic rings. The highest BCUT2D eigenvalue weighted by atomic mass is 16.6. The van der Waals surface area contributed by atoms with Gasteiger partial charge >= 0.3 is 5.97 Å². The molecular weight excluding hydrogens is 326 g/mol. The average molecular weight is 339 g/mol. The van der Waals surface area contributed by atoms with E-state index in [1.54, 1.807) is 12.3 Å². The summed E-state index contributed by atoms with van der Waals surface area (Å²) in [5.41, 5.74) is 0.809. The smallest absolute Gasteiger partial charge is 0.345 e. The van der Waals surface area contributed by atoms with Crippen LogP contribution in [-0.2, 0) is 11.3 Å². The lowest BCUT2D eigenvalue weighted by molar-refractivity contribution is -0.385. The minimum Gasteiger partial charge on any atom is -0.455 e. The van der Waals surface area contributed by atoms with E-state index >= 15 is 0 Å². The van der Waals surface area contributed by atoms with Crippen LogP contribution in [0.25, 0.3) is 5.65 Å². The molecule has 1 aromatic carbocycles. The van der Waals surface area contributed by atoms with E-state index in [0.29, 0.717) is 5.65 Å². The maximum atomic E-state index is 12.1. The zero-order valence-corrected chi connectivity index (χ0v) is 13.2. The molecule has 0 atom stereocenters. The van der Waals surface area contributed by atoms with Gasteiger partial charge in [0.1, 0.15) is 17.8 Å². The van der Waals surface area contributed by atoms with Crippen molar-refractivity contribution >= 4 is 17.3 Å². The first-order valence-corrected chi connectivity index (χ1v) is 7.35. The molecule has 0 aliphatic carbocycles. The van der Waals surface area contributed by atoms with Gasteiger partial charge in [-0.15, -0.1) is 0 Å². The highest BCUT2D eigenvalue weighted by molar-refractivity contribution is 5.93. The van der Waals surface area contributed by atoms with Gasteiger partial charge in [0.2, 0.25) is 0 Å². The number of carbonyl (C=O) groups excluding carboxylic acids is 1. The molecule has 25 heavy (non-hydrogen) atoms. The number of hydrogen-bond donors (Lipinski definition) is 0. The Labute approximate surface area is 141 Å². The molecule has 0 spiro atoms. The lowest BCUT2D eigenvalue weighted by atomic mass is 10.2. The zero-order valence-electron chi connectivity index (χ0n) is 13.2. The van der Waals surface area contributed by atoms with Gasteiger partial charge in [-0.25, -0.2) is 9.78 Å². The van der Waals surface area contributed by atoms with Gasteiger partial charge in [0, 0.05) is 18.3 Å². The van der Waals surface area contributed by atoms with Crippen LogP contribution in [0, 0.1) is 17.0 Å². The Morgan fingerprint density at radius 2 is 2.04 bits per heavy atom. The summed E-state index contributed by atoms with van der Waals surface area (Å²) in [6.07, 6.45) is 1.66. The van der Waals surface area contributed by atoms with E-state index in [9.17, 15) is 19.7 Å². The highest BCUT2D eigenvalue weighted by Gasteiger charge is 2.20. The first-order valence-electron chi connectivity index (χ1n) is 7.35. The average Bonchev–Trinajstić information content (AvgIpc) is 2.60. The Balaban J connectivity index is 1.83. The first-order chi connectivity index (χ1) is 12.0. The summed E-state index contributed by atoms with van der Waals surface area (Å²) in [6.45, 7) is 1.60. The van der Waals surface area contributed by atoms with Crippen molar-refractivity contribution in [3.05, 3.63) is 86.0 Å². The van der Waals surface area contributed by atoms with Crippen LogP contribution in [-0.4, -0.2) is 20.3 Å². The van der Waals surface area contributed by atoms with E-state index in [1.807, 2.05) is 13.0 Å². The summed E-state index contributed by atoms with van der Waals surface area (Å²) in [6, 6.07) is 10.3. The number of nitrogens with zero attached hydrogens (tertiary/aromatic N) is 3. The van der Waals surface area contributed by atoms with Crippen molar-refractivity contribution in [3.8, 4) is 0 Å². The fourth-order valence-electron chi connectivity index (χ4n) is 2.35. The van der Waals surface area contributed by atoms with Gasteiger partial charge in [0.05, 0.1) is 10.6 Å². The molecule has 8 nitrogen and oxygen atoms in total. The Bertz CT molecular complexity index is 1040. The van der Waals surface area contributed by atoms with Crippen LogP contribution in [0.4, 0.5) is 5.69 Å². The maximum Gasteiger partial charge on any atom is 0.345 e. The van der Waals surface area contributed by atoms with Gasteiger partial charge in [0.25, 0.3) is 11.2 Å². The molecule has 0 saturated carbocycles. The molecule has 0 amide bonds. The third-order valence-electron chi connectivity index (χ3n) is 3.53. The number of rotatable bonds is 4. The molecular formula is C17H13N3O5. The number of fused-ring (bicyclic) bond motifs is 1. The molecule has 2 aromatic heterocycles. The summed E-state index contributed by atoms with van der Waals surface area (Å²) in [5.74, 6) is -0.849. The summed E-state index contributed by atoms with van der Waals surface area (Å²) in [4.78, 5) is 38.8. The lowest BCUT2D eigenvalue weighted by Gasteiger charge is -2.07. The molecule has 3 aromatic rings. The van der Waals surface area contributed by atoms with Crippen LogP contribution in [0.2, 0.25) is 0 Å². The van der Waals surface area contributed by atoms with Gasteiger partial charge < -0.3 is 4.74 Å². The fraction of sp³-hybridized carbons (Fsp3) is 0.118. The summed E-state index contributed by atoms with van der Waals surface area (Å²) in [5, 5.41) is 11.0. The molecule has 2 heterocycles. The van der Waals surface area contributed by atoms with Crippen molar-refractivity contribution in [1.29, 1.82) is 0 Å². The molecule has 0 unspecified atom stereocenters. The van der Waals surface area contributed by atoms with E-state index in [2.05, 4.69) is 4.98 Å². The number of nitro benzene ring substituents is 1. The minimum absolute atomic E-state index is 0.152. The summed E-state index contributed by atoms with van der Waals surface area (Å²) >= 11 is 0. The summed E-state index contributed by atoms with van der Waals surface area (Å²) < 4.78 is 6.47. The highest BCUT2D eigenvalue weighted by Crippen LogP contribution is 2.19. The number of hydrogen-bond acceptors (Lipinski definition) is 6. The van der Waals surface area contributed by atoms with E-state index < -0.39 is 10.9 Å². The van der Waals surface area contributed by atoms with Crippen LogP contribution >= 0.6 is 0 Å². The van der Waals surface area contributed by atoms with Crippen LogP contribution in [0.5, 0.6) is 0 Å². The van der Waals surface area contributed by atoms with Gasteiger partial charge in [-0.3, -0.25) is 19.3 Å². The Hall–Kier alpha value is -3.55. The van der Waals surface area contributed by atoms with Crippen molar-refractivity contribution in [2.45, 2.75) is 13.5 Å². The molecule has 0 fully saturated rings. The largest absolute Gasteiger partial charge is 0.455 e. The molecule has 0 radical (unpaired) electrons. The number of benzene rings is 1. The van der Waals surface area contributed by atoms with Gasteiger partial charge in [0.15, 0.2) is 0 Å². The second kappa shape index (κ2) is 6.52. The number of aromatic nitrogens is 2. The topological polar surface area (TPSA) is 104 Å². The van der Waals surface area contributed by atoms with Crippen LogP contribution < -0.4 is 5.56 Å². The Kier molecular flexibility index (Phi) is 4.25. The molecule has 126 valence electrons. The standard InChI is InChI=1S/C17H13N3O5/c1-11-6-7-15-18-12(8-16(21)19(15)9-11)10-25-17(22)13-4-2-3-5-14(13)20(23)24/h2-9H,10H2,1H3. The summed E-state index contributed by atoms with van der Waals surface area (Å²) in [7, 11) is 0. The van der Waals surface area contributed by atoms with Crippen molar-refractivity contribution < 1.29 is 14.5 Å². The molecule has 0 bridgehead atoms. The van der Waals surface area contributed by atoms with Crippen LogP contribution in [0.15, 0.2) is 53.5 Å². The molecule has 3 rings (SSSR count). The second-order valence-electron chi connectivity index (χ2n) is 5.37. The predicted octanol–water partition coefficient (Wildman–Crippen LogP) is 2.27. The third-order valence-corrected chi connectivity index (χ3v) is 3.53. The zero-order chi connectivity index (χ0) is 18.0. The molecule has 8 heteroatoms. The number of para-hydroxylation sites is 1. The Morgan fingerprint density at radius 1 is 1.28 bits per heavy atom. The van der Waals surface area contributed by atoms with Crippen molar-refractivity contribution in [2.24, 2.45) is 0 Å². The minimum atomic E-state index is -0.849. The normalized spacial score (nSPS) is 10.6. The van der Waals surface area contributed by atoms with Crippen molar-refractivity contribution in [2.75, 3.05) is 0 Å². The van der Waals surface area contributed by atoms with Gasteiger partial charge in [-0.2, -0.15) is 0 Å². The quantitative estimate of drug-likeness (QED) is 0.410. The molecule has 0 N–H and O–H groups in total. The molecule has 0 saturated heterocycles. The number of carbonyl (C=O) groups is 1. The second-order valence-corrected chi connectivity index (χ2v) is 5.37. The lowest BCUT2D eigenvalue weighted by Crippen LogP contribution is -2.17. The van der Waals surface area contributed by atoms with Crippen molar-refractivity contribution in [3.63, 3.8) is 0 Å². The van der Waals surface area contributed by atoms with E-state index in [-0.39, 0.29) is 29.1 Å². The van der Waals surface area contributed by atoms with Crippen LogP contribution in [0.1, 0.15) is 21.6 Å². The van der Waals surface area contributed by atoms with Crippen molar-refractivity contribution in [1.82, 2.24) is 9.38 Å². The number of esters is 1. The first kappa shape index (κ1) is 16.3.